The summed E-state index contributed by atoms with van der Waals surface area (Å²) in [6.07, 6.45) is 0. The lowest BCUT2D eigenvalue weighted by atomic mass is 10.0. The second-order valence-electron chi connectivity index (χ2n) is 13.8. The van der Waals surface area contributed by atoms with Gasteiger partial charge in [0.25, 0.3) is 0 Å². The lowest BCUT2D eigenvalue weighted by Crippen LogP contribution is -1.97. The maximum atomic E-state index is 5.12. The lowest BCUT2D eigenvalue weighted by Gasteiger charge is -2.13. The summed E-state index contributed by atoms with van der Waals surface area (Å²) in [5.41, 5.74) is 12.0. The third-order valence-electron chi connectivity index (χ3n) is 10.7. The molecule has 11 rings (SSSR count). The zero-order valence-electron chi connectivity index (χ0n) is 29.3. The van der Waals surface area contributed by atoms with Crippen LogP contribution in [0, 0.1) is 0 Å². The van der Waals surface area contributed by atoms with Crippen molar-refractivity contribution in [3.05, 3.63) is 194 Å². The van der Waals surface area contributed by atoms with Gasteiger partial charge in [-0.3, -0.25) is 0 Å². The first-order chi connectivity index (χ1) is 26.8. The quantitative estimate of drug-likeness (QED) is 0.180. The van der Waals surface area contributed by atoms with E-state index in [1.807, 2.05) is 12.1 Å². The predicted octanol–water partition coefficient (Wildman–Crippen LogP) is 12.8. The molecule has 3 aromatic heterocycles. The highest BCUT2D eigenvalue weighted by atomic mass is 15.0. The molecule has 0 saturated heterocycles. The van der Waals surface area contributed by atoms with E-state index in [0.29, 0.717) is 5.82 Å². The molecule has 0 N–H and O–H groups in total. The minimum Gasteiger partial charge on any atom is -0.309 e. The summed E-state index contributed by atoms with van der Waals surface area (Å²) in [7, 11) is 0. The van der Waals surface area contributed by atoms with Gasteiger partial charge >= 0.3 is 0 Å². The Balaban J connectivity index is 1.14. The Morgan fingerprint density at radius 3 is 1.65 bits per heavy atom. The summed E-state index contributed by atoms with van der Waals surface area (Å²) >= 11 is 0. The van der Waals surface area contributed by atoms with Crippen LogP contribution in [0.4, 0.5) is 0 Å². The molecule has 11 aromatic rings. The number of fused-ring (bicyclic) bond motifs is 8. The first-order valence-electron chi connectivity index (χ1n) is 18.3. The van der Waals surface area contributed by atoms with Crippen molar-refractivity contribution in [1.29, 1.82) is 0 Å². The molecule has 3 heterocycles. The fourth-order valence-corrected chi connectivity index (χ4v) is 8.30. The zero-order chi connectivity index (χ0) is 35.6. The topological polar surface area (TPSA) is 35.6 Å². The molecule has 0 atom stereocenters. The Kier molecular flexibility index (Phi) is 6.82. The molecule has 8 aromatic carbocycles. The van der Waals surface area contributed by atoms with E-state index < -0.39 is 0 Å². The van der Waals surface area contributed by atoms with Gasteiger partial charge in [0.15, 0.2) is 5.82 Å². The highest BCUT2D eigenvalue weighted by Crippen LogP contribution is 2.43. The molecule has 252 valence electrons. The average Bonchev–Trinajstić information content (AvgIpc) is 3.77. The summed E-state index contributed by atoms with van der Waals surface area (Å²) in [6.45, 7) is 0. The van der Waals surface area contributed by atoms with E-state index in [9.17, 15) is 0 Å². The highest BCUT2D eigenvalue weighted by molar-refractivity contribution is 6.26. The molecule has 4 nitrogen and oxygen atoms in total. The zero-order valence-corrected chi connectivity index (χ0v) is 29.3. The fourth-order valence-electron chi connectivity index (χ4n) is 8.30. The standard InChI is InChI=1S/C50H32N4/c1-4-15-33(16-5-1)42-32-43(34-17-6-2-7-18-34)52-50(51-42)36-27-28-38-35(31-36)19-14-26-44(38)54-46-25-13-11-23-41(46)48-47(54)30-29-40-39-22-10-12-24-45(39)53(49(40)48)37-20-8-3-9-21-37/h1-32H. The van der Waals surface area contributed by atoms with Crippen molar-refractivity contribution in [3.8, 4) is 45.3 Å². The number of aromatic nitrogens is 4. The molecular weight excluding hydrogens is 657 g/mol. The number of hydrogen-bond acceptors (Lipinski definition) is 2. The Morgan fingerprint density at radius 1 is 0.352 bits per heavy atom. The maximum Gasteiger partial charge on any atom is 0.160 e. The van der Waals surface area contributed by atoms with E-state index in [-0.39, 0.29) is 0 Å². The summed E-state index contributed by atoms with van der Waals surface area (Å²) in [6, 6.07) is 68.9. The summed E-state index contributed by atoms with van der Waals surface area (Å²) in [4.78, 5) is 10.2. The van der Waals surface area contributed by atoms with Crippen LogP contribution < -0.4 is 0 Å². The van der Waals surface area contributed by atoms with Crippen LogP contribution in [0.15, 0.2) is 194 Å². The summed E-state index contributed by atoms with van der Waals surface area (Å²) in [5.74, 6) is 0.704. The van der Waals surface area contributed by atoms with Gasteiger partial charge in [-0.05, 0) is 53.9 Å². The average molecular weight is 689 g/mol. The Hall–Kier alpha value is -7.30. The molecule has 0 bridgehead atoms. The highest BCUT2D eigenvalue weighted by Gasteiger charge is 2.21. The Morgan fingerprint density at radius 2 is 0.944 bits per heavy atom. The van der Waals surface area contributed by atoms with Crippen molar-refractivity contribution >= 4 is 54.4 Å². The molecule has 54 heavy (non-hydrogen) atoms. The van der Waals surface area contributed by atoms with Gasteiger partial charge in [0, 0.05) is 49.3 Å². The second kappa shape index (κ2) is 12.1. The van der Waals surface area contributed by atoms with Crippen molar-refractivity contribution in [2.24, 2.45) is 0 Å². The van der Waals surface area contributed by atoms with Gasteiger partial charge in [0.1, 0.15) is 0 Å². The summed E-state index contributed by atoms with van der Waals surface area (Å²) in [5, 5.41) is 7.27. The van der Waals surface area contributed by atoms with Crippen molar-refractivity contribution < 1.29 is 0 Å². The third kappa shape index (κ3) is 4.70. The monoisotopic (exact) mass is 688 g/mol. The van der Waals surface area contributed by atoms with Crippen molar-refractivity contribution in [2.75, 3.05) is 0 Å². The van der Waals surface area contributed by atoms with E-state index in [1.54, 1.807) is 0 Å². The van der Waals surface area contributed by atoms with Crippen molar-refractivity contribution in [1.82, 2.24) is 19.1 Å². The first kappa shape index (κ1) is 30.3. The van der Waals surface area contributed by atoms with Crippen LogP contribution >= 0.6 is 0 Å². The van der Waals surface area contributed by atoms with Gasteiger partial charge in [-0.25, -0.2) is 9.97 Å². The van der Waals surface area contributed by atoms with Gasteiger partial charge in [-0.1, -0.05) is 146 Å². The van der Waals surface area contributed by atoms with Gasteiger partial charge < -0.3 is 9.13 Å². The van der Waals surface area contributed by atoms with Crippen LogP contribution in [-0.2, 0) is 0 Å². The Bertz CT molecular complexity index is 3140. The van der Waals surface area contributed by atoms with Crippen molar-refractivity contribution in [2.45, 2.75) is 0 Å². The molecule has 0 aliphatic heterocycles. The van der Waals surface area contributed by atoms with Crippen LogP contribution in [0.25, 0.3) is 99.7 Å². The molecule has 0 saturated carbocycles. The maximum absolute atomic E-state index is 5.12. The molecule has 0 aliphatic carbocycles. The molecule has 4 heteroatoms. The third-order valence-corrected chi connectivity index (χ3v) is 10.7. The van der Waals surface area contributed by atoms with Crippen molar-refractivity contribution in [3.63, 3.8) is 0 Å². The van der Waals surface area contributed by atoms with Crippen LogP contribution in [0.3, 0.4) is 0 Å². The Labute approximate surface area is 311 Å². The van der Waals surface area contributed by atoms with Gasteiger partial charge in [0.2, 0.25) is 0 Å². The smallest absolute Gasteiger partial charge is 0.160 e. The number of rotatable bonds is 5. The molecule has 0 aliphatic rings. The van der Waals surface area contributed by atoms with E-state index >= 15 is 0 Å². The predicted molar refractivity (Wildman–Crippen MR) is 225 cm³/mol. The largest absolute Gasteiger partial charge is 0.309 e. The lowest BCUT2D eigenvalue weighted by molar-refractivity contribution is 1.18. The fraction of sp³-hybridized carbons (Fsp3) is 0. The normalized spacial score (nSPS) is 11.7. The van der Waals surface area contributed by atoms with Gasteiger partial charge in [-0.2, -0.15) is 0 Å². The summed E-state index contributed by atoms with van der Waals surface area (Å²) < 4.78 is 4.88. The minimum atomic E-state index is 0.704. The number of nitrogens with zero attached hydrogens (tertiary/aromatic N) is 4. The van der Waals surface area contributed by atoms with E-state index in [4.69, 9.17) is 9.97 Å². The molecule has 0 unspecified atom stereocenters. The minimum absolute atomic E-state index is 0.704. The van der Waals surface area contributed by atoms with E-state index in [1.165, 1.54) is 43.6 Å². The first-order valence-corrected chi connectivity index (χ1v) is 18.3. The number of benzene rings is 8. The van der Waals surface area contributed by atoms with Gasteiger partial charge in [0.05, 0.1) is 39.1 Å². The van der Waals surface area contributed by atoms with E-state index in [2.05, 4.69) is 191 Å². The van der Waals surface area contributed by atoms with Crippen LogP contribution in [0.1, 0.15) is 0 Å². The van der Waals surface area contributed by atoms with Crippen LogP contribution in [0.2, 0.25) is 0 Å². The number of hydrogen-bond donors (Lipinski definition) is 0. The van der Waals surface area contributed by atoms with Crippen LogP contribution in [0.5, 0.6) is 0 Å². The molecule has 0 radical (unpaired) electrons. The molecule has 0 spiro atoms. The van der Waals surface area contributed by atoms with Gasteiger partial charge in [-0.15, -0.1) is 0 Å². The van der Waals surface area contributed by atoms with E-state index in [0.717, 1.165) is 50.2 Å². The molecular formula is C50H32N4. The SMILES string of the molecule is c1ccc(-c2cc(-c3ccccc3)nc(-c3ccc4c(-n5c6ccccc6c6c5ccc5c7ccccc7n(-c7ccccc7)c56)cccc4c3)n2)cc1. The second-order valence-corrected chi connectivity index (χ2v) is 13.8. The molecule has 0 fully saturated rings. The molecule has 0 amide bonds. The van der Waals surface area contributed by atoms with Crippen LogP contribution in [-0.4, -0.2) is 19.1 Å². The number of para-hydroxylation sites is 3.